The van der Waals surface area contributed by atoms with Gasteiger partial charge in [0, 0.05) is 20.2 Å². The molecule has 128 valence electrons. The van der Waals surface area contributed by atoms with Crippen molar-refractivity contribution in [1.29, 1.82) is 0 Å². The second-order valence-corrected chi connectivity index (χ2v) is 5.65. The summed E-state index contributed by atoms with van der Waals surface area (Å²) in [6.07, 6.45) is 0.814. The predicted octanol–water partition coefficient (Wildman–Crippen LogP) is 1.59. The van der Waals surface area contributed by atoms with Crippen molar-refractivity contribution in [2.24, 2.45) is 0 Å². The highest BCUT2D eigenvalue weighted by Gasteiger charge is 2.32. The molecular weight excluding hydrogens is 308 g/mol. The zero-order chi connectivity index (χ0) is 16.9. The van der Waals surface area contributed by atoms with Gasteiger partial charge in [-0.05, 0) is 12.5 Å². The second-order valence-electron chi connectivity index (χ2n) is 5.65. The van der Waals surface area contributed by atoms with Crippen LogP contribution >= 0.6 is 0 Å². The van der Waals surface area contributed by atoms with E-state index in [-0.39, 0.29) is 12.0 Å². The number of amides is 1. The van der Waals surface area contributed by atoms with Gasteiger partial charge in [0.25, 0.3) is 5.91 Å². The predicted molar refractivity (Wildman–Crippen MR) is 87.2 cm³/mol. The number of hydrogen-bond acceptors (Lipinski definition) is 5. The highest BCUT2D eigenvalue weighted by molar-refractivity contribution is 5.82. The Morgan fingerprint density at radius 1 is 1.42 bits per heavy atom. The molecule has 0 N–H and O–H groups in total. The molecule has 7 heteroatoms. The molecule has 1 aliphatic heterocycles. The van der Waals surface area contributed by atoms with Crippen LogP contribution in [-0.2, 0) is 20.8 Å². The van der Waals surface area contributed by atoms with Gasteiger partial charge in [-0.25, -0.2) is 0 Å². The molecule has 3 rings (SSSR count). The molecule has 2 heterocycles. The molecule has 1 aliphatic rings. The monoisotopic (exact) mass is 330 g/mol. The lowest BCUT2D eigenvalue weighted by Crippen LogP contribution is -2.45. The second kappa shape index (κ2) is 7.55. The van der Waals surface area contributed by atoms with Gasteiger partial charge in [-0.1, -0.05) is 30.3 Å². The third-order valence-electron chi connectivity index (χ3n) is 4.21. The van der Waals surface area contributed by atoms with Crippen molar-refractivity contribution >= 4 is 5.91 Å². The summed E-state index contributed by atoms with van der Waals surface area (Å²) in [5, 5.41) is 8.09. The van der Waals surface area contributed by atoms with Crippen LogP contribution in [0.25, 0.3) is 0 Å². The summed E-state index contributed by atoms with van der Waals surface area (Å²) >= 11 is 0. The van der Waals surface area contributed by atoms with Gasteiger partial charge in [0.2, 0.25) is 0 Å². The first kappa shape index (κ1) is 16.6. The van der Waals surface area contributed by atoms with Gasteiger partial charge in [0.1, 0.15) is 12.4 Å². The molecule has 7 nitrogen and oxygen atoms in total. The van der Waals surface area contributed by atoms with Gasteiger partial charge in [0.05, 0.1) is 13.2 Å². The lowest BCUT2D eigenvalue weighted by atomic mass is 10.1. The number of nitrogens with zero attached hydrogens (tertiary/aromatic N) is 4. The molecule has 24 heavy (non-hydrogen) atoms. The molecule has 0 spiro atoms. The van der Waals surface area contributed by atoms with Gasteiger partial charge >= 0.3 is 0 Å². The van der Waals surface area contributed by atoms with Gasteiger partial charge in [-0.2, -0.15) is 0 Å². The van der Waals surface area contributed by atoms with Crippen molar-refractivity contribution in [3.05, 3.63) is 48.0 Å². The van der Waals surface area contributed by atoms with Gasteiger partial charge in [0.15, 0.2) is 11.9 Å². The standard InChI is InChI=1S/C17H22N4O3/c1-3-20-12-18-19-16(20)14-11-21(9-10-24-14)17(22)15(23-2)13-7-5-4-6-8-13/h4-8,12,14-15H,3,9-11H2,1-2H3/t14-,15+/m1/s1. The maximum atomic E-state index is 12.9. The summed E-state index contributed by atoms with van der Waals surface area (Å²) in [4.78, 5) is 14.7. The van der Waals surface area contributed by atoms with Crippen molar-refractivity contribution in [2.45, 2.75) is 25.7 Å². The SMILES string of the molecule is CCn1cnnc1[C@H]1CN(C(=O)[C@@H](OC)c2ccccc2)CCO1. The molecule has 1 saturated heterocycles. The molecule has 2 atom stereocenters. The highest BCUT2D eigenvalue weighted by Crippen LogP contribution is 2.25. The number of carbonyl (C=O) groups is 1. The van der Waals surface area contributed by atoms with Crippen LogP contribution in [0.5, 0.6) is 0 Å². The smallest absolute Gasteiger partial charge is 0.256 e. The Bertz CT molecular complexity index is 673. The minimum absolute atomic E-state index is 0.0560. The van der Waals surface area contributed by atoms with Crippen LogP contribution in [0.4, 0.5) is 0 Å². The quantitative estimate of drug-likeness (QED) is 0.832. The number of hydrogen-bond donors (Lipinski definition) is 0. The van der Waals surface area contributed by atoms with Crippen molar-refractivity contribution in [3.63, 3.8) is 0 Å². The number of morpholine rings is 1. The van der Waals surface area contributed by atoms with E-state index in [1.165, 1.54) is 0 Å². The summed E-state index contributed by atoms with van der Waals surface area (Å²) in [7, 11) is 1.56. The van der Waals surface area contributed by atoms with E-state index in [1.54, 1.807) is 18.3 Å². The Morgan fingerprint density at radius 3 is 2.92 bits per heavy atom. The maximum Gasteiger partial charge on any atom is 0.256 e. The van der Waals surface area contributed by atoms with E-state index in [2.05, 4.69) is 10.2 Å². The summed E-state index contributed by atoms with van der Waals surface area (Å²) in [6, 6.07) is 9.53. The first-order chi connectivity index (χ1) is 11.7. The number of aromatic nitrogens is 3. The van der Waals surface area contributed by atoms with Crippen LogP contribution in [0.15, 0.2) is 36.7 Å². The number of benzene rings is 1. The van der Waals surface area contributed by atoms with Crippen molar-refractivity contribution in [3.8, 4) is 0 Å². The maximum absolute atomic E-state index is 12.9. The zero-order valence-corrected chi connectivity index (χ0v) is 14.0. The molecular formula is C17H22N4O3. The Morgan fingerprint density at radius 2 is 2.21 bits per heavy atom. The van der Waals surface area contributed by atoms with E-state index >= 15 is 0 Å². The van der Waals surface area contributed by atoms with Gasteiger partial charge in [-0.3, -0.25) is 4.79 Å². The van der Waals surface area contributed by atoms with E-state index < -0.39 is 6.10 Å². The summed E-state index contributed by atoms with van der Waals surface area (Å²) in [5.74, 6) is 0.697. The van der Waals surface area contributed by atoms with Crippen LogP contribution in [0.3, 0.4) is 0 Å². The molecule has 1 aromatic heterocycles. The molecule has 1 fully saturated rings. The number of aryl methyl sites for hydroxylation is 1. The van der Waals surface area contributed by atoms with Gasteiger partial charge in [-0.15, -0.1) is 10.2 Å². The van der Waals surface area contributed by atoms with Crippen LogP contribution in [0, 0.1) is 0 Å². The molecule has 0 saturated carbocycles. The molecule has 1 amide bonds. The molecule has 0 unspecified atom stereocenters. The third-order valence-corrected chi connectivity index (χ3v) is 4.21. The van der Waals surface area contributed by atoms with Crippen molar-refractivity contribution in [1.82, 2.24) is 19.7 Å². The molecule has 1 aromatic carbocycles. The number of rotatable bonds is 5. The Hall–Kier alpha value is -2.25. The van der Waals surface area contributed by atoms with Crippen molar-refractivity contribution < 1.29 is 14.3 Å². The molecule has 0 radical (unpaired) electrons. The molecule has 0 aliphatic carbocycles. The van der Waals surface area contributed by atoms with E-state index in [9.17, 15) is 4.79 Å². The van der Waals surface area contributed by atoms with Crippen LogP contribution < -0.4 is 0 Å². The fourth-order valence-electron chi connectivity index (χ4n) is 2.94. The van der Waals surface area contributed by atoms with E-state index in [1.807, 2.05) is 41.8 Å². The van der Waals surface area contributed by atoms with E-state index in [0.29, 0.717) is 19.7 Å². The Kier molecular flexibility index (Phi) is 5.22. The Labute approximate surface area is 141 Å². The minimum atomic E-state index is -0.603. The number of ether oxygens (including phenoxy) is 2. The van der Waals surface area contributed by atoms with Gasteiger partial charge < -0.3 is 18.9 Å². The lowest BCUT2D eigenvalue weighted by Gasteiger charge is -2.34. The third kappa shape index (κ3) is 3.32. The van der Waals surface area contributed by atoms with E-state index in [4.69, 9.17) is 9.47 Å². The largest absolute Gasteiger partial charge is 0.367 e. The number of methoxy groups -OCH3 is 1. The average Bonchev–Trinajstić information content (AvgIpc) is 3.12. The molecule has 0 bridgehead atoms. The summed E-state index contributed by atoms with van der Waals surface area (Å²) in [5.41, 5.74) is 0.852. The zero-order valence-electron chi connectivity index (χ0n) is 14.0. The first-order valence-electron chi connectivity index (χ1n) is 8.10. The summed E-state index contributed by atoms with van der Waals surface area (Å²) < 4.78 is 13.2. The number of carbonyl (C=O) groups excluding carboxylic acids is 1. The normalized spacial score (nSPS) is 19.2. The van der Waals surface area contributed by atoms with Crippen LogP contribution in [-0.4, -0.2) is 52.4 Å². The van der Waals surface area contributed by atoms with Crippen LogP contribution in [0.2, 0.25) is 0 Å². The fourth-order valence-corrected chi connectivity index (χ4v) is 2.94. The molecule has 2 aromatic rings. The minimum Gasteiger partial charge on any atom is -0.367 e. The summed E-state index contributed by atoms with van der Waals surface area (Å²) in [6.45, 7) is 4.25. The Balaban J connectivity index is 1.75. The van der Waals surface area contributed by atoms with Crippen molar-refractivity contribution in [2.75, 3.05) is 26.8 Å². The van der Waals surface area contributed by atoms with E-state index in [0.717, 1.165) is 17.9 Å². The topological polar surface area (TPSA) is 69.5 Å². The highest BCUT2D eigenvalue weighted by atomic mass is 16.5. The fraction of sp³-hybridized carbons (Fsp3) is 0.471. The average molecular weight is 330 g/mol. The van der Waals surface area contributed by atoms with Crippen LogP contribution in [0.1, 0.15) is 30.5 Å². The lowest BCUT2D eigenvalue weighted by molar-refractivity contribution is -0.150. The first-order valence-corrected chi connectivity index (χ1v) is 8.10.